The summed E-state index contributed by atoms with van der Waals surface area (Å²) in [6.45, 7) is 2.95. The molecular weight excluding hydrogens is 294 g/mol. The molecule has 22 heavy (non-hydrogen) atoms. The van der Waals surface area contributed by atoms with E-state index in [0.717, 1.165) is 6.20 Å². The molecule has 6 nitrogen and oxygen atoms in total. The molecule has 0 aromatic carbocycles. The third-order valence-corrected chi connectivity index (χ3v) is 3.82. The lowest BCUT2D eigenvalue weighted by Gasteiger charge is -2.29. The zero-order chi connectivity index (χ0) is 16.1. The van der Waals surface area contributed by atoms with Gasteiger partial charge in [-0.3, -0.25) is 0 Å². The summed E-state index contributed by atoms with van der Waals surface area (Å²) in [4.78, 5) is 7.75. The highest BCUT2D eigenvalue weighted by Crippen LogP contribution is 2.39. The van der Waals surface area contributed by atoms with E-state index in [1.54, 1.807) is 0 Å². The van der Waals surface area contributed by atoms with E-state index in [4.69, 9.17) is 10.5 Å². The molecule has 0 amide bonds. The molecule has 3 atom stereocenters. The summed E-state index contributed by atoms with van der Waals surface area (Å²) in [6, 6.07) is -0.771. The number of anilines is 1. The first kappa shape index (κ1) is 15.1. The average Bonchev–Trinajstić information content (AvgIpc) is 2.97. The van der Waals surface area contributed by atoms with Crippen molar-refractivity contribution in [3.8, 4) is 0 Å². The summed E-state index contributed by atoms with van der Waals surface area (Å²) < 4.78 is 35.4. The van der Waals surface area contributed by atoms with Crippen LogP contribution < -0.4 is 5.73 Å². The molecule has 0 spiro atoms. The highest BCUT2D eigenvalue weighted by molar-refractivity contribution is 5.85. The number of ether oxygens (including phenoxy) is 1. The summed E-state index contributed by atoms with van der Waals surface area (Å²) in [5.41, 5.74) is 5.99. The SMILES string of the molecule is CC(C)(O)O[C@@H]1CCC(F)[C@H]1n1cnc2c(N)ncc(F)c21. The van der Waals surface area contributed by atoms with Gasteiger partial charge >= 0.3 is 0 Å². The van der Waals surface area contributed by atoms with Crippen LogP contribution in [0.5, 0.6) is 0 Å². The first-order chi connectivity index (χ1) is 10.3. The van der Waals surface area contributed by atoms with E-state index in [-0.39, 0.29) is 23.3 Å². The molecule has 1 fully saturated rings. The van der Waals surface area contributed by atoms with Gasteiger partial charge in [0.05, 0.1) is 24.7 Å². The Morgan fingerprint density at radius 1 is 1.41 bits per heavy atom. The van der Waals surface area contributed by atoms with Gasteiger partial charge in [-0.1, -0.05) is 0 Å². The largest absolute Gasteiger partial charge is 0.382 e. The van der Waals surface area contributed by atoms with Crippen molar-refractivity contribution in [2.24, 2.45) is 0 Å². The number of nitrogen functional groups attached to an aromatic ring is 1. The van der Waals surface area contributed by atoms with Crippen molar-refractivity contribution in [3.63, 3.8) is 0 Å². The van der Waals surface area contributed by atoms with Gasteiger partial charge in [0.2, 0.25) is 0 Å². The summed E-state index contributed by atoms with van der Waals surface area (Å²) in [5, 5.41) is 9.82. The Morgan fingerprint density at radius 2 is 2.14 bits per heavy atom. The highest BCUT2D eigenvalue weighted by Gasteiger charge is 2.41. The Hall–Kier alpha value is -1.80. The molecule has 2 heterocycles. The molecule has 1 aliphatic rings. The second kappa shape index (κ2) is 5.13. The fourth-order valence-corrected chi connectivity index (χ4v) is 3.01. The Labute approximate surface area is 125 Å². The zero-order valence-corrected chi connectivity index (χ0v) is 12.3. The number of alkyl halides is 1. The van der Waals surface area contributed by atoms with Gasteiger partial charge in [0.25, 0.3) is 0 Å². The van der Waals surface area contributed by atoms with Crippen LogP contribution in [0.2, 0.25) is 0 Å². The quantitative estimate of drug-likeness (QED) is 0.846. The van der Waals surface area contributed by atoms with E-state index in [0.29, 0.717) is 6.42 Å². The third-order valence-electron chi connectivity index (χ3n) is 3.82. The monoisotopic (exact) mass is 312 g/mol. The maximum absolute atomic E-state index is 14.4. The molecule has 2 aromatic rings. The number of fused-ring (bicyclic) bond motifs is 1. The predicted molar refractivity (Wildman–Crippen MR) is 76.2 cm³/mol. The minimum Gasteiger partial charge on any atom is -0.382 e. The van der Waals surface area contributed by atoms with E-state index < -0.39 is 29.9 Å². The molecule has 1 saturated carbocycles. The maximum atomic E-state index is 14.4. The van der Waals surface area contributed by atoms with Crippen molar-refractivity contribution < 1.29 is 18.6 Å². The topological polar surface area (TPSA) is 86.2 Å². The minimum atomic E-state index is -1.40. The number of imidazole rings is 1. The van der Waals surface area contributed by atoms with Crippen LogP contribution in [0.4, 0.5) is 14.6 Å². The second-order valence-electron chi connectivity index (χ2n) is 6.03. The van der Waals surface area contributed by atoms with Gasteiger partial charge in [-0.15, -0.1) is 0 Å². The molecule has 0 bridgehead atoms. The maximum Gasteiger partial charge on any atom is 0.167 e. The lowest BCUT2D eigenvalue weighted by atomic mass is 10.1. The molecular formula is C14H18F2N4O2. The van der Waals surface area contributed by atoms with E-state index in [9.17, 15) is 13.9 Å². The molecule has 8 heteroatoms. The number of nitrogens with zero attached hydrogens (tertiary/aromatic N) is 3. The third kappa shape index (κ3) is 2.52. The Morgan fingerprint density at radius 3 is 2.82 bits per heavy atom. The normalized spacial score (nSPS) is 26.0. The first-order valence-corrected chi connectivity index (χ1v) is 7.08. The van der Waals surface area contributed by atoms with Gasteiger partial charge in [-0.25, -0.2) is 18.7 Å². The smallest absolute Gasteiger partial charge is 0.167 e. The molecule has 2 aromatic heterocycles. The molecule has 1 unspecified atom stereocenters. The first-order valence-electron chi connectivity index (χ1n) is 7.08. The van der Waals surface area contributed by atoms with Gasteiger partial charge in [0.15, 0.2) is 17.4 Å². The number of hydrogen-bond donors (Lipinski definition) is 2. The van der Waals surface area contributed by atoms with Gasteiger partial charge < -0.3 is 20.1 Å². The van der Waals surface area contributed by atoms with Crippen LogP contribution in [-0.2, 0) is 4.74 Å². The van der Waals surface area contributed by atoms with Crippen LogP contribution in [0.25, 0.3) is 11.0 Å². The lowest BCUT2D eigenvalue weighted by molar-refractivity contribution is -0.211. The lowest BCUT2D eigenvalue weighted by Crippen LogP contribution is -2.35. The van der Waals surface area contributed by atoms with Crippen LogP contribution in [0.3, 0.4) is 0 Å². The van der Waals surface area contributed by atoms with Gasteiger partial charge in [-0.05, 0) is 26.7 Å². The number of nitrogens with two attached hydrogens (primary N) is 1. The molecule has 0 aliphatic heterocycles. The Balaban J connectivity index is 2.07. The van der Waals surface area contributed by atoms with Crippen molar-refractivity contribution >= 4 is 16.9 Å². The van der Waals surface area contributed by atoms with Gasteiger partial charge in [0.1, 0.15) is 17.2 Å². The van der Waals surface area contributed by atoms with Crippen LogP contribution in [-0.4, -0.2) is 37.7 Å². The van der Waals surface area contributed by atoms with Gasteiger partial charge in [0, 0.05) is 0 Å². The molecule has 3 N–H and O–H groups in total. The van der Waals surface area contributed by atoms with E-state index in [1.807, 2.05) is 0 Å². The molecule has 120 valence electrons. The van der Waals surface area contributed by atoms with E-state index in [2.05, 4.69) is 9.97 Å². The summed E-state index contributed by atoms with van der Waals surface area (Å²) in [6.07, 6.45) is 1.23. The van der Waals surface area contributed by atoms with E-state index in [1.165, 1.54) is 24.7 Å². The molecule has 1 aliphatic carbocycles. The zero-order valence-electron chi connectivity index (χ0n) is 12.3. The minimum absolute atomic E-state index is 0.0866. The summed E-state index contributed by atoms with van der Waals surface area (Å²) in [7, 11) is 0. The molecule has 0 saturated heterocycles. The summed E-state index contributed by atoms with van der Waals surface area (Å²) in [5.74, 6) is -1.94. The van der Waals surface area contributed by atoms with Gasteiger partial charge in [-0.2, -0.15) is 0 Å². The fraction of sp³-hybridized carbons (Fsp3) is 0.571. The number of aromatic nitrogens is 3. The van der Waals surface area contributed by atoms with Crippen molar-refractivity contribution in [1.29, 1.82) is 0 Å². The molecule has 3 rings (SSSR count). The van der Waals surface area contributed by atoms with Crippen molar-refractivity contribution in [2.75, 3.05) is 5.73 Å². The number of halogens is 2. The van der Waals surface area contributed by atoms with Crippen LogP contribution in [0, 0.1) is 5.82 Å². The van der Waals surface area contributed by atoms with Crippen LogP contribution in [0.15, 0.2) is 12.5 Å². The number of aliphatic hydroxyl groups is 1. The number of pyridine rings is 1. The van der Waals surface area contributed by atoms with Crippen molar-refractivity contribution in [3.05, 3.63) is 18.3 Å². The van der Waals surface area contributed by atoms with Crippen LogP contribution >= 0.6 is 0 Å². The predicted octanol–water partition coefficient (Wildman–Crippen LogP) is 1.94. The molecule has 0 radical (unpaired) electrons. The second-order valence-corrected chi connectivity index (χ2v) is 6.03. The fourth-order valence-electron chi connectivity index (χ4n) is 3.01. The standard InChI is InChI=1S/C14H18F2N4O2/c1-14(2,21)22-9-4-3-7(15)11(9)20-6-19-10-12(20)8(16)5-18-13(10)17/h5-7,9,11,21H,3-4H2,1-2H3,(H2,17,18)/t7?,9-,11-/m1/s1. The van der Waals surface area contributed by atoms with Crippen LogP contribution in [0.1, 0.15) is 32.7 Å². The highest BCUT2D eigenvalue weighted by atomic mass is 19.1. The van der Waals surface area contributed by atoms with E-state index >= 15 is 0 Å². The Kier molecular flexibility index (Phi) is 3.53. The Bertz CT molecular complexity index is 698. The van der Waals surface area contributed by atoms with Crippen molar-refractivity contribution in [2.45, 2.75) is 50.8 Å². The summed E-state index contributed by atoms with van der Waals surface area (Å²) >= 11 is 0. The van der Waals surface area contributed by atoms with Crippen molar-refractivity contribution in [1.82, 2.24) is 14.5 Å². The number of rotatable bonds is 3. The number of hydrogen-bond acceptors (Lipinski definition) is 5. The average molecular weight is 312 g/mol.